The number of benzene rings is 2. The van der Waals surface area contributed by atoms with E-state index in [2.05, 4.69) is 10.4 Å². The van der Waals surface area contributed by atoms with Crippen molar-refractivity contribution >= 4 is 5.91 Å². The molecular weight excluding hydrogens is 377 g/mol. The first-order chi connectivity index (χ1) is 14.0. The third-order valence-electron chi connectivity index (χ3n) is 4.26. The van der Waals surface area contributed by atoms with Gasteiger partial charge in [0.15, 0.2) is 11.5 Å². The van der Waals surface area contributed by atoms with Crippen molar-refractivity contribution in [3.8, 4) is 22.8 Å². The maximum absolute atomic E-state index is 13.1. The second-order valence-electron chi connectivity index (χ2n) is 6.15. The van der Waals surface area contributed by atoms with Crippen LogP contribution < -0.4 is 20.3 Å². The van der Waals surface area contributed by atoms with Crippen molar-refractivity contribution in [2.24, 2.45) is 0 Å². The molecule has 0 atom stereocenters. The Bertz CT molecular complexity index is 1060. The Hall–Kier alpha value is -3.68. The summed E-state index contributed by atoms with van der Waals surface area (Å²) in [6.45, 7) is -0.0498. The van der Waals surface area contributed by atoms with Gasteiger partial charge in [-0.15, -0.1) is 0 Å². The third-order valence-corrected chi connectivity index (χ3v) is 4.26. The molecule has 0 aliphatic carbocycles. The number of hydrogen-bond donors (Lipinski definition) is 1. The molecule has 0 radical (unpaired) electrons. The molecule has 0 fully saturated rings. The van der Waals surface area contributed by atoms with Crippen LogP contribution in [0.15, 0.2) is 59.4 Å². The van der Waals surface area contributed by atoms with E-state index in [4.69, 9.17) is 9.47 Å². The highest BCUT2D eigenvalue weighted by molar-refractivity contribution is 5.75. The van der Waals surface area contributed by atoms with Crippen molar-refractivity contribution < 1.29 is 18.7 Å². The standard InChI is InChI=1S/C21H20FN3O4/c1-28-18-5-3-4-15(21(18)29-2)12-23-19(26)13-25-20(27)11-10-17(24-25)14-6-8-16(22)9-7-14/h3-11H,12-13H2,1-2H3,(H,23,26). The van der Waals surface area contributed by atoms with E-state index < -0.39 is 5.56 Å². The number of rotatable bonds is 7. The van der Waals surface area contributed by atoms with E-state index in [1.54, 1.807) is 30.3 Å². The van der Waals surface area contributed by atoms with Crippen LogP contribution >= 0.6 is 0 Å². The lowest BCUT2D eigenvalue weighted by molar-refractivity contribution is -0.122. The van der Waals surface area contributed by atoms with Crippen molar-refractivity contribution in [1.29, 1.82) is 0 Å². The molecule has 0 bridgehead atoms. The Morgan fingerprint density at radius 3 is 2.52 bits per heavy atom. The van der Waals surface area contributed by atoms with Gasteiger partial charge in [0.25, 0.3) is 5.56 Å². The van der Waals surface area contributed by atoms with E-state index in [-0.39, 0.29) is 24.8 Å². The van der Waals surface area contributed by atoms with E-state index in [1.165, 1.54) is 38.5 Å². The van der Waals surface area contributed by atoms with Crippen LogP contribution in [0.2, 0.25) is 0 Å². The largest absolute Gasteiger partial charge is 0.493 e. The SMILES string of the molecule is COc1cccc(CNC(=O)Cn2nc(-c3ccc(F)cc3)ccc2=O)c1OC. The molecular formula is C21H20FN3O4. The lowest BCUT2D eigenvalue weighted by Gasteiger charge is -2.13. The van der Waals surface area contributed by atoms with Gasteiger partial charge in [0.05, 0.1) is 19.9 Å². The molecule has 3 rings (SSSR count). The number of nitrogens with zero attached hydrogens (tertiary/aromatic N) is 2. The van der Waals surface area contributed by atoms with Gasteiger partial charge in [-0.2, -0.15) is 5.10 Å². The maximum Gasteiger partial charge on any atom is 0.267 e. The minimum Gasteiger partial charge on any atom is -0.493 e. The van der Waals surface area contributed by atoms with Crippen molar-refractivity contribution in [3.05, 3.63) is 76.3 Å². The number of halogens is 1. The van der Waals surface area contributed by atoms with Gasteiger partial charge in [0, 0.05) is 23.7 Å². The van der Waals surface area contributed by atoms with Gasteiger partial charge in [-0.3, -0.25) is 9.59 Å². The van der Waals surface area contributed by atoms with Crippen LogP contribution in [0, 0.1) is 5.82 Å². The minimum atomic E-state index is -0.412. The number of hydrogen-bond acceptors (Lipinski definition) is 5. The highest BCUT2D eigenvalue weighted by Crippen LogP contribution is 2.30. The monoisotopic (exact) mass is 397 g/mol. The second-order valence-corrected chi connectivity index (χ2v) is 6.15. The molecule has 2 aromatic carbocycles. The summed E-state index contributed by atoms with van der Waals surface area (Å²) >= 11 is 0. The maximum atomic E-state index is 13.1. The summed E-state index contributed by atoms with van der Waals surface area (Å²) < 4.78 is 24.7. The first kappa shape index (κ1) is 20.1. The summed E-state index contributed by atoms with van der Waals surface area (Å²) in [5.41, 5.74) is 1.43. The molecule has 0 saturated heterocycles. The predicted molar refractivity (Wildman–Crippen MR) is 105 cm³/mol. The molecule has 150 valence electrons. The first-order valence-electron chi connectivity index (χ1n) is 8.82. The first-order valence-corrected chi connectivity index (χ1v) is 8.82. The Labute approximate surface area is 166 Å². The zero-order chi connectivity index (χ0) is 20.8. The Morgan fingerprint density at radius 2 is 1.83 bits per heavy atom. The van der Waals surface area contributed by atoms with Crippen molar-refractivity contribution in [3.63, 3.8) is 0 Å². The molecule has 0 unspecified atom stereocenters. The highest BCUT2D eigenvalue weighted by atomic mass is 19.1. The molecule has 0 spiro atoms. The van der Waals surface area contributed by atoms with Crippen LogP contribution in [-0.4, -0.2) is 29.9 Å². The number of carbonyl (C=O) groups is 1. The number of nitrogens with one attached hydrogen (secondary N) is 1. The van der Waals surface area contributed by atoms with E-state index >= 15 is 0 Å². The van der Waals surface area contributed by atoms with Gasteiger partial charge >= 0.3 is 0 Å². The average molecular weight is 397 g/mol. The number of carbonyl (C=O) groups excluding carboxylic acids is 1. The van der Waals surface area contributed by atoms with Gasteiger partial charge < -0.3 is 14.8 Å². The second kappa shape index (κ2) is 9.01. The van der Waals surface area contributed by atoms with E-state index in [0.29, 0.717) is 22.8 Å². The van der Waals surface area contributed by atoms with Crippen molar-refractivity contribution in [2.45, 2.75) is 13.1 Å². The van der Waals surface area contributed by atoms with Crippen LogP contribution in [-0.2, 0) is 17.9 Å². The average Bonchev–Trinajstić information content (AvgIpc) is 2.74. The zero-order valence-corrected chi connectivity index (χ0v) is 16.0. The number of aromatic nitrogens is 2. The van der Waals surface area contributed by atoms with E-state index in [0.717, 1.165) is 10.2 Å². The number of ether oxygens (including phenoxy) is 2. The van der Waals surface area contributed by atoms with Crippen LogP contribution in [0.25, 0.3) is 11.3 Å². The molecule has 7 nitrogen and oxygen atoms in total. The minimum absolute atomic E-state index is 0.200. The Kier molecular flexibility index (Phi) is 6.23. The lowest BCUT2D eigenvalue weighted by atomic mass is 10.1. The van der Waals surface area contributed by atoms with Crippen LogP contribution in [0.3, 0.4) is 0 Å². The fourth-order valence-corrected chi connectivity index (χ4v) is 2.82. The molecule has 3 aromatic rings. The molecule has 0 aliphatic rings. The topological polar surface area (TPSA) is 82.5 Å². The summed E-state index contributed by atoms with van der Waals surface area (Å²) in [5, 5.41) is 6.95. The van der Waals surface area contributed by atoms with Crippen LogP contribution in [0.4, 0.5) is 4.39 Å². The Balaban J connectivity index is 1.72. The smallest absolute Gasteiger partial charge is 0.267 e. The summed E-state index contributed by atoms with van der Waals surface area (Å²) in [7, 11) is 3.06. The van der Waals surface area contributed by atoms with Gasteiger partial charge in [-0.05, 0) is 36.4 Å². The van der Waals surface area contributed by atoms with E-state index in [9.17, 15) is 14.0 Å². The number of methoxy groups -OCH3 is 2. The van der Waals surface area contributed by atoms with E-state index in [1.807, 2.05) is 0 Å². The van der Waals surface area contributed by atoms with Crippen molar-refractivity contribution in [2.75, 3.05) is 14.2 Å². The third kappa shape index (κ3) is 4.78. The lowest BCUT2D eigenvalue weighted by Crippen LogP contribution is -2.33. The van der Waals surface area contributed by atoms with Gasteiger partial charge in [-0.25, -0.2) is 9.07 Å². The normalized spacial score (nSPS) is 10.4. The number of amides is 1. The Morgan fingerprint density at radius 1 is 1.07 bits per heavy atom. The summed E-state index contributed by atoms with van der Waals surface area (Å²) in [5.74, 6) is 0.336. The summed E-state index contributed by atoms with van der Waals surface area (Å²) in [4.78, 5) is 24.4. The molecule has 1 N–H and O–H groups in total. The molecule has 1 aromatic heterocycles. The molecule has 1 heterocycles. The summed E-state index contributed by atoms with van der Waals surface area (Å²) in [6, 6.07) is 13.9. The zero-order valence-electron chi connectivity index (χ0n) is 16.0. The quantitative estimate of drug-likeness (QED) is 0.662. The molecule has 8 heteroatoms. The molecule has 29 heavy (non-hydrogen) atoms. The number of para-hydroxylation sites is 1. The van der Waals surface area contributed by atoms with Gasteiger partial charge in [0.1, 0.15) is 12.4 Å². The van der Waals surface area contributed by atoms with Crippen molar-refractivity contribution in [1.82, 2.24) is 15.1 Å². The molecule has 0 saturated carbocycles. The van der Waals surface area contributed by atoms with Crippen LogP contribution in [0.1, 0.15) is 5.56 Å². The predicted octanol–water partition coefficient (Wildman–Crippen LogP) is 2.38. The fraction of sp³-hybridized carbons (Fsp3) is 0.190. The van der Waals surface area contributed by atoms with Gasteiger partial charge in [-0.1, -0.05) is 12.1 Å². The summed E-state index contributed by atoms with van der Waals surface area (Å²) in [6.07, 6.45) is 0. The molecule has 0 aliphatic heterocycles. The van der Waals surface area contributed by atoms with Gasteiger partial charge in [0.2, 0.25) is 5.91 Å². The van der Waals surface area contributed by atoms with Crippen LogP contribution in [0.5, 0.6) is 11.5 Å². The molecule has 1 amide bonds. The fourth-order valence-electron chi connectivity index (χ4n) is 2.82. The highest BCUT2D eigenvalue weighted by Gasteiger charge is 2.12.